The molecule has 0 unspecified atom stereocenters. The van der Waals surface area contributed by atoms with Gasteiger partial charge in [0, 0.05) is 24.8 Å². The maximum atomic E-state index is 12.9. The van der Waals surface area contributed by atoms with Crippen LogP contribution >= 0.6 is 0 Å². The van der Waals surface area contributed by atoms with E-state index >= 15 is 0 Å². The third kappa shape index (κ3) is 4.16. The van der Waals surface area contributed by atoms with E-state index in [2.05, 4.69) is 5.32 Å². The summed E-state index contributed by atoms with van der Waals surface area (Å²) in [6.45, 7) is 2.72. The monoisotopic (exact) mass is 415 g/mol. The first kappa shape index (κ1) is 21.4. The van der Waals surface area contributed by atoms with Crippen LogP contribution in [0.4, 0.5) is 5.69 Å². The van der Waals surface area contributed by atoms with Crippen LogP contribution in [0.25, 0.3) is 0 Å². The lowest BCUT2D eigenvalue weighted by molar-refractivity contribution is -0.144. The Morgan fingerprint density at radius 2 is 1.90 bits per heavy atom. The number of amides is 2. The molecule has 0 bridgehead atoms. The topological polar surface area (TPSA) is 99.1 Å². The van der Waals surface area contributed by atoms with Gasteiger partial charge >= 0.3 is 0 Å². The SMILES string of the molecule is COc1cc(C(=O)N2CCCCO2)cc(NC(=O)c2ccc(C)n(C)c2=O)c1OC. The summed E-state index contributed by atoms with van der Waals surface area (Å²) in [7, 11) is 4.45. The van der Waals surface area contributed by atoms with E-state index in [0.29, 0.717) is 13.2 Å². The fourth-order valence-electron chi connectivity index (χ4n) is 3.17. The molecule has 30 heavy (non-hydrogen) atoms. The summed E-state index contributed by atoms with van der Waals surface area (Å²) in [5.41, 5.74) is 0.754. The molecule has 2 heterocycles. The van der Waals surface area contributed by atoms with Crippen molar-refractivity contribution >= 4 is 17.5 Å². The number of anilines is 1. The standard InChI is InChI=1S/C21H25N3O6/c1-13-7-8-15(21(27)23(13)2)19(25)22-16-11-14(12-17(28-3)18(16)29-4)20(26)24-9-5-6-10-30-24/h7-8,11-12H,5-6,9-10H2,1-4H3,(H,22,25). The molecule has 1 aromatic heterocycles. The van der Waals surface area contributed by atoms with Crippen LogP contribution in [0.3, 0.4) is 0 Å². The molecule has 0 aliphatic carbocycles. The minimum absolute atomic E-state index is 0.0276. The van der Waals surface area contributed by atoms with Crippen LogP contribution in [-0.4, -0.2) is 48.8 Å². The summed E-state index contributed by atoms with van der Waals surface area (Å²) >= 11 is 0. The van der Waals surface area contributed by atoms with Gasteiger partial charge in [-0.15, -0.1) is 0 Å². The molecule has 160 valence electrons. The predicted octanol–water partition coefficient (Wildman–Crippen LogP) is 2.13. The molecular formula is C21H25N3O6. The molecule has 2 amide bonds. The highest BCUT2D eigenvalue weighted by atomic mass is 16.7. The van der Waals surface area contributed by atoms with Crippen LogP contribution < -0.4 is 20.3 Å². The van der Waals surface area contributed by atoms with Crippen LogP contribution in [0, 0.1) is 6.92 Å². The number of hydroxylamine groups is 2. The largest absolute Gasteiger partial charge is 0.493 e. The van der Waals surface area contributed by atoms with E-state index in [4.69, 9.17) is 14.3 Å². The second-order valence-electron chi connectivity index (χ2n) is 6.91. The lowest BCUT2D eigenvalue weighted by Gasteiger charge is -2.26. The van der Waals surface area contributed by atoms with Crippen molar-refractivity contribution in [2.75, 3.05) is 32.7 Å². The van der Waals surface area contributed by atoms with Crippen LogP contribution in [0.15, 0.2) is 29.1 Å². The highest BCUT2D eigenvalue weighted by Crippen LogP contribution is 2.37. The number of nitrogens with zero attached hydrogens (tertiary/aromatic N) is 2. The molecule has 1 aliphatic heterocycles. The molecule has 1 aliphatic rings. The number of pyridine rings is 1. The number of aryl methyl sites for hydroxylation is 1. The average Bonchev–Trinajstić information content (AvgIpc) is 2.76. The number of benzene rings is 1. The zero-order valence-corrected chi connectivity index (χ0v) is 17.5. The number of aromatic nitrogens is 1. The molecular weight excluding hydrogens is 390 g/mol. The van der Waals surface area contributed by atoms with Gasteiger partial charge in [-0.3, -0.25) is 19.2 Å². The summed E-state index contributed by atoms with van der Waals surface area (Å²) in [5.74, 6) is -0.453. The summed E-state index contributed by atoms with van der Waals surface area (Å²) in [6, 6.07) is 6.16. The Hall–Kier alpha value is -3.33. The van der Waals surface area contributed by atoms with Crippen LogP contribution in [0.5, 0.6) is 11.5 Å². The lowest BCUT2D eigenvalue weighted by Crippen LogP contribution is -2.35. The number of methoxy groups -OCH3 is 2. The van der Waals surface area contributed by atoms with Crippen LogP contribution in [-0.2, 0) is 11.9 Å². The Morgan fingerprint density at radius 1 is 1.13 bits per heavy atom. The fraction of sp³-hybridized carbons (Fsp3) is 0.381. The number of hydrogen-bond acceptors (Lipinski definition) is 6. The molecule has 0 atom stereocenters. The number of nitrogens with one attached hydrogen (secondary N) is 1. The van der Waals surface area contributed by atoms with E-state index < -0.39 is 11.5 Å². The molecule has 2 aromatic rings. The molecule has 0 radical (unpaired) electrons. The summed E-state index contributed by atoms with van der Waals surface area (Å²) < 4.78 is 12.1. The second kappa shape index (κ2) is 9.00. The Morgan fingerprint density at radius 3 is 2.53 bits per heavy atom. The van der Waals surface area contributed by atoms with E-state index in [1.807, 2.05) is 0 Å². The molecule has 1 aromatic carbocycles. The molecule has 9 heteroatoms. The van der Waals surface area contributed by atoms with Crippen molar-refractivity contribution in [1.82, 2.24) is 9.63 Å². The van der Waals surface area contributed by atoms with E-state index in [0.717, 1.165) is 18.5 Å². The minimum atomic E-state index is -0.616. The lowest BCUT2D eigenvalue weighted by atomic mass is 10.1. The fourth-order valence-corrected chi connectivity index (χ4v) is 3.17. The van der Waals surface area contributed by atoms with Crippen molar-refractivity contribution in [2.45, 2.75) is 19.8 Å². The number of rotatable bonds is 5. The van der Waals surface area contributed by atoms with Crippen LogP contribution in [0.2, 0.25) is 0 Å². The van der Waals surface area contributed by atoms with E-state index in [9.17, 15) is 14.4 Å². The molecule has 1 fully saturated rings. The Bertz CT molecular complexity index is 1020. The maximum Gasteiger partial charge on any atom is 0.277 e. The molecule has 0 spiro atoms. The third-order valence-electron chi connectivity index (χ3n) is 5.00. The van der Waals surface area contributed by atoms with Gasteiger partial charge in [-0.2, -0.15) is 0 Å². The number of carbonyl (C=O) groups is 2. The second-order valence-corrected chi connectivity index (χ2v) is 6.91. The number of carbonyl (C=O) groups excluding carboxylic acids is 2. The van der Waals surface area contributed by atoms with E-state index in [-0.39, 0.29) is 34.2 Å². The molecule has 1 N–H and O–H groups in total. The maximum absolute atomic E-state index is 12.9. The molecule has 3 rings (SSSR count). The van der Waals surface area contributed by atoms with Crippen molar-refractivity contribution in [3.8, 4) is 11.5 Å². The first-order valence-corrected chi connectivity index (χ1v) is 9.56. The summed E-state index contributed by atoms with van der Waals surface area (Å²) in [6.07, 6.45) is 1.74. The molecule has 9 nitrogen and oxygen atoms in total. The van der Waals surface area contributed by atoms with Crippen molar-refractivity contribution < 1.29 is 23.9 Å². The normalized spacial score (nSPS) is 13.7. The molecule has 0 saturated carbocycles. The van der Waals surface area contributed by atoms with Crippen LogP contribution in [0.1, 0.15) is 39.3 Å². The van der Waals surface area contributed by atoms with Gasteiger partial charge in [0.15, 0.2) is 11.5 Å². The Labute approximate surface area is 174 Å². The summed E-state index contributed by atoms with van der Waals surface area (Å²) in [4.78, 5) is 43.5. The van der Waals surface area contributed by atoms with Crippen molar-refractivity contribution in [2.24, 2.45) is 7.05 Å². The van der Waals surface area contributed by atoms with Gasteiger partial charge in [0.25, 0.3) is 17.4 Å². The number of hydrogen-bond donors (Lipinski definition) is 1. The van der Waals surface area contributed by atoms with Crippen molar-refractivity contribution in [1.29, 1.82) is 0 Å². The third-order valence-corrected chi connectivity index (χ3v) is 5.00. The summed E-state index contributed by atoms with van der Waals surface area (Å²) in [5, 5.41) is 3.97. The first-order chi connectivity index (χ1) is 14.4. The van der Waals surface area contributed by atoms with Gasteiger partial charge in [-0.25, -0.2) is 5.06 Å². The van der Waals surface area contributed by atoms with E-state index in [1.165, 1.54) is 42.0 Å². The zero-order chi connectivity index (χ0) is 21.8. The predicted molar refractivity (Wildman–Crippen MR) is 110 cm³/mol. The van der Waals surface area contributed by atoms with Gasteiger partial charge in [-0.1, -0.05) is 0 Å². The van der Waals surface area contributed by atoms with E-state index in [1.54, 1.807) is 20.0 Å². The first-order valence-electron chi connectivity index (χ1n) is 9.56. The smallest absolute Gasteiger partial charge is 0.277 e. The number of ether oxygens (including phenoxy) is 2. The van der Waals surface area contributed by atoms with Gasteiger partial charge < -0.3 is 19.4 Å². The van der Waals surface area contributed by atoms with Gasteiger partial charge in [-0.05, 0) is 44.0 Å². The minimum Gasteiger partial charge on any atom is -0.493 e. The average molecular weight is 415 g/mol. The molecule has 1 saturated heterocycles. The highest BCUT2D eigenvalue weighted by Gasteiger charge is 2.24. The van der Waals surface area contributed by atoms with Gasteiger partial charge in [0.05, 0.1) is 26.5 Å². The zero-order valence-electron chi connectivity index (χ0n) is 17.5. The highest BCUT2D eigenvalue weighted by molar-refractivity contribution is 6.06. The Balaban J connectivity index is 1.98. The quantitative estimate of drug-likeness (QED) is 0.803. The Kier molecular flexibility index (Phi) is 6.41. The van der Waals surface area contributed by atoms with Gasteiger partial charge in [0.1, 0.15) is 5.56 Å². The van der Waals surface area contributed by atoms with Gasteiger partial charge in [0.2, 0.25) is 0 Å². The van der Waals surface area contributed by atoms with Crippen molar-refractivity contribution in [3.05, 3.63) is 51.4 Å². The van der Waals surface area contributed by atoms with Crippen molar-refractivity contribution in [3.63, 3.8) is 0 Å².